The molecule has 3 N–H and O–H groups in total. The Morgan fingerprint density at radius 3 is 2.68 bits per heavy atom. The molecular weight excluding hydrogens is 392 g/mol. The standard InChI is InChI=1S/C24H28N4O3/c1-16(27-24(30)31-15-17-5-3-2-4-6-17)18-7-9-19(10-8-18)23(29)28-21-12-14-26-22-20(21)11-13-25-22/h2-6,11-14,16,18-19H,7-10,15H2,1H3,(H,27,30)(H2,25,26,28,29). The molecule has 0 spiro atoms. The number of H-pyrrole nitrogens is 1. The second kappa shape index (κ2) is 9.64. The Kier molecular flexibility index (Phi) is 6.50. The van der Waals surface area contributed by atoms with Crippen LogP contribution in [0.15, 0.2) is 54.9 Å². The summed E-state index contributed by atoms with van der Waals surface area (Å²) in [4.78, 5) is 32.2. The highest BCUT2D eigenvalue weighted by Gasteiger charge is 2.30. The number of anilines is 1. The predicted octanol–water partition coefficient (Wildman–Crippen LogP) is 4.62. The Bertz CT molecular complexity index is 1030. The van der Waals surface area contributed by atoms with Gasteiger partial charge in [-0.1, -0.05) is 30.3 Å². The van der Waals surface area contributed by atoms with Crippen molar-refractivity contribution in [3.63, 3.8) is 0 Å². The Labute approximate surface area is 181 Å². The number of hydrogen-bond acceptors (Lipinski definition) is 4. The molecule has 1 aromatic carbocycles. The fourth-order valence-corrected chi connectivity index (χ4v) is 4.25. The smallest absolute Gasteiger partial charge is 0.407 e. The number of hydrogen-bond donors (Lipinski definition) is 3. The molecule has 2 amide bonds. The lowest BCUT2D eigenvalue weighted by atomic mass is 9.78. The highest BCUT2D eigenvalue weighted by Crippen LogP contribution is 2.32. The van der Waals surface area contributed by atoms with E-state index in [0.29, 0.717) is 5.92 Å². The first-order chi connectivity index (χ1) is 15.1. The van der Waals surface area contributed by atoms with Crippen LogP contribution in [0.25, 0.3) is 11.0 Å². The normalized spacial score (nSPS) is 19.5. The minimum Gasteiger partial charge on any atom is -0.445 e. The largest absolute Gasteiger partial charge is 0.445 e. The maximum absolute atomic E-state index is 12.8. The van der Waals surface area contributed by atoms with Crippen LogP contribution in [0.4, 0.5) is 10.5 Å². The number of pyridine rings is 1. The van der Waals surface area contributed by atoms with Crippen molar-refractivity contribution in [1.29, 1.82) is 0 Å². The van der Waals surface area contributed by atoms with E-state index in [1.807, 2.05) is 55.6 Å². The zero-order valence-corrected chi connectivity index (χ0v) is 17.6. The van der Waals surface area contributed by atoms with Gasteiger partial charge in [0.05, 0.1) is 5.69 Å². The molecule has 3 aromatic rings. The molecule has 0 radical (unpaired) electrons. The van der Waals surface area contributed by atoms with E-state index in [1.165, 1.54) is 0 Å². The molecule has 2 aromatic heterocycles. The van der Waals surface area contributed by atoms with Gasteiger partial charge in [-0.15, -0.1) is 0 Å². The van der Waals surface area contributed by atoms with E-state index in [9.17, 15) is 9.59 Å². The van der Waals surface area contributed by atoms with Gasteiger partial charge in [-0.05, 0) is 56.2 Å². The third-order valence-corrected chi connectivity index (χ3v) is 6.13. The Balaban J connectivity index is 1.23. The number of carbonyl (C=O) groups excluding carboxylic acids is 2. The van der Waals surface area contributed by atoms with Crippen LogP contribution in [0.5, 0.6) is 0 Å². The molecular formula is C24H28N4O3. The van der Waals surface area contributed by atoms with Crippen LogP contribution in [0.3, 0.4) is 0 Å². The average molecular weight is 421 g/mol. The molecule has 7 heteroatoms. The summed E-state index contributed by atoms with van der Waals surface area (Å²) >= 11 is 0. The molecule has 0 aliphatic heterocycles. The lowest BCUT2D eigenvalue weighted by Gasteiger charge is -2.31. The van der Waals surface area contributed by atoms with E-state index < -0.39 is 6.09 Å². The quantitative estimate of drug-likeness (QED) is 0.542. The van der Waals surface area contributed by atoms with E-state index in [-0.39, 0.29) is 24.5 Å². The zero-order valence-electron chi connectivity index (χ0n) is 17.6. The number of rotatable bonds is 6. The van der Waals surface area contributed by atoms with Crippen molar-refractivity contribution in [2.75, 3.05) is 5.32 Å². The van der Waals surface area contributed by atoms with Crippen molar-refractivity contribution in [3.05, 3.63) is 60.4 Å². The average Bonchev–Trinajstić information content (AvgIpc) is 3.28. The van der Waals surface area contributed by atoms with E-state index >= 15 is 0 Å². The minimum absolute atomic E-state index is 0.00645. The van der Waals surface area contributed by atoms with Gasteiger partial charge in [0.2, 0.25) is 5.91 Å². The maximum atomic E-state index is 12.8. The van der Waals surface area contributed by atoms with Gasteiger partial charge in [-0.2, -0.15) is 0 Å². The summed E-state index contributed by atoms with van der Waals surface area (Å²) < 4.78 is 5.32. The topological polar surface area (TPSA) is 96.1 Å². The minimum atomic E-state index is -0.399. The Morgan fingerprint density at radius 2 is 1.90 bits per heavy atom. The molecule has 1 saturated carbocycles. The summed E-state index contributed by atoms with van der Waals surface area (Å²) in [7, 11) is 0. The zero-order chi connectivity index (χ0) is 21.6. The highest BCUT2D eigenvalue weighted by molar-refractivity contribution is 6.00. The maximum Gasteiger partial charge on any atom is 0.407 e. The van der Waals surface area contributed by atoms with Crippen LogP contribution in [-0.4, -0.2) is 28.0 Å². The van der Waals surface area contributed by atoms with Gasteiger partial charge in [-0.3, -0.25) is 4.79 Å². The molecule has 1 aliphatic carbocycles. The summed E-state index contributed by atoms with van der Waals surface area (Å²) in [5, 5.41) is 6.92. The number of ether oxygens (including phenoxy) is 1. The fourth-order valence-electron chi connectivity index (χ4n) is 4.25. The van der Waals surface area contributed by atoms with Gasteiger partial charge in [0.1, 0.15) is 12.3 Å². The number of carbonyl (C=O) groups is 2. The molecule has 162 valence electrons. The third-order valence-electron chi connectivity index (χ3n) is 6.13. The highest BCUT2D eigenvalue weighted by atomic mass is 16.5. The lowest BCUT2D eigenvalue weighted by molar-refractivity contribution is -0.121. The number of aromatic amines is 1. The van der Waals surface area contributed by atoms with Crippen molar-refractivity contribution >= 4 is 28.7 Å². The number of fused-ring (bicyclic) bond motifs is 1. The fraction of sp³-hybridized carbons (Fsp3) is 0.375. The number of alkyl carbamates (subject to hydrolysis) is 1. The number of aromatic nitrogens is 2. The van der Waals surface area contributed by atoms with Crippen molar-refractivity contribution in [1.82, 2.24) is 15.3 Å². The Morgan fingerprint density at radius 1 is 1.13 bits per heavy atom. The summed E-state index contributed by atoms with van der Waals surface area (Å²) in [6.07, 6.45) is 6.52. The first-order valence-electron chi connectivity index (χ1n) is 10.8. The Hall–Kier alpha value is -3.35. The van der Waals surface area contributed by atoms with Gasteiger partial charge >= 0.3 is 6.09 Å². The van der Waals surface area contributed by atoms with Gasteiger partial charge in [0.15, 0.2) is 0 Å². The molecule has 2 heterocycles. The van der Waals surface area contributed by atoms with E-state index in [4.69, 9.17) is 4.74 Å². The van der Waals surface area contributed by atoms with Crippen molar-refractivity contribution < 1.29 is 14.3 Å². The van der Waals surface area contributed by atoms with Crippen LogP contribution >= 0.6 is 0 Å². The van der Waals surface area contributed by atoms with Gasteiger partial charge in [0, 0.05) is 29.7 Å². The van der Waals surface area contributed by atoms with E-state index in [2.05, 4.69) is 20.6 Å². The lowest BCUT2D eigenvalue weighted by Crippen LogP contribution is -2.40. The SMILES string of the molecule is CC(NC(=O)OCc1ccccc1)C1CCC(C(=O)Nc2ccnc3[nH]ccc23)CC1. The molecule has 31 heavy (non-hydrogen) atoms. The van der Waals surface area contributed by atoms with E-state index in [1.54, 1.807) is 6.20 Å². The van der Waals surface area contributed by atoms with Crippen LogP contribution in [0.2, 0.25) is 0 Å². The molecule has 4 rings (SSSR count). The van der Waals surface area contributed by atoms with Crippen LogP contribution in [0.1, 0.15) is 38.2 Å². The molecule has 1 aliphatic rings. The summed E-state index contributed by atoms with van der Waals surface area (Å²) in [5.41, 5.74) is 2.51. The summed E-state index contributed by atoms with van der Waals surface area (Å²) in [6.45, 7) is 2.27. The molecule has 7 nitrogen and oxygen atoms in total. The second-order valence-electron chi connectivity index (χ2n) is 8.19. The third kappa shape index (κ3) is 5.23. The molecule has 0 saturated heterocycles. The van der Waals surface area contributed by atoms with Crippen LogP contribution in [-0.2, 0) is 16.1 Å². The van der Waals surface area contributed by atoms with Crippen molar-refractivity contribution in [2.24, 2.45) is 11.8 Å². The monoisotopic (exact) mass is 420 g/mol. The van der Waals surface area contributed by atoms with Crippen molar-refractivity contribution in [3.8, 4) is 0 Å². The van der Waals surface area contributed by atoms with Crippen molar-refractivity contribution in [2.45, 2.75) is 45.3 Å². The number of nitrogens with one attached hydrogen (secondary N) is 3. The number of benzene rings is 1. The second-order valence-corrected chi connectivity index (χ2v) is 8.19. The first-order valence-corrected chi connectivity index (χ1v) is 10.8. The number of amides is 2. The summed E-state index contributed by atoms with van der Waals surface area (Å²) in [5.74, 6) is 0.372. The summed E-state index contributed by atoms with van der Waals surface area (Å²) in [6, 6.07) is 13.4. The molecule has 1 fully saturated rings. The molecule has 1 unspecified atom stereocenters. The van der Waals surface area contributed by atoms with E-state index in [0.717, 1.165) is 48.0 Å². The van der Waals surface area contributed by atoms with Gasteiger partial charge in [0.25, 0.3) is 0 Å². The molecule has 0 bridgehead atoms. The number of nitrogens with zero attached hydrogens (tertiary/aromatic N) is 1. The first kappa shape index (κ1) is 20.9. The predicted molar refractivity (Wildman–Crippen MR) is 119 cm³/mol. The van der Waals surface area contributed by atoms with Crippen LogP contribution in [0, 0.1) is 11.8 Å². The van der Waals surface area contributed by atoms with Crippen LogP contribution < -0.4 is 10.6 Å². The van der Waals surface area contributed by atoms with Gasteiger partial charge in [-0.25, -0.2) is 9.78 Å². The van der Waals surface area contributed by atoms with Gasteiger partial charge < -0.3 is 20.4 Å². The molecule has 1 atom stereocenters.